The summed E-state index contributed by atoms with van der Waals surface area (Å²) in [5.74, 6) is 2.13. The first-order valence-corrected chi connectivity index (χ1v) is 20.1. The van der Waals surface area contributed by atoms with E-state index in [-0.39, 0.29) is 29.5 Å². The lowest BCUT2D eigenvalue weighted by Gasteiger charge is -2.60. The minimum atomic E-state index is -1.62. The molecule has 4 saturated heterocycles. The van der Waals surface area contributed by atoms with Gasteiger partial charge in [-0.25, -0.2) is 0 Å². The van der Waals surface area contributed by atoms with Crippen LogP contribution in [-0.4, -0.2) is 129 Å². The van der Waals surface area contributed by atoms with E-state index in [4.69, 9.17) is 28.4 Å². The van der Waals surface area contributed by atoms with Gasteiger partial charge in [0.1, 0.15) is 48.5 Å². The van der Waals surface area contributed by atoms with Gasteiger partial charge in [0, 0.05) is 30.1 Å². The van der Waals surface area contributed by atoms with E-state index in [0.29, 0.717) is 48.2 Å². The Morgan fingerprint density at radius 2 is 1.54 bits per heavy atom. The Balaban J connectivity index is 0.911. The Morgan fingerprint density at radius 1 is 0.808 bits per heavy atom. The fourth-order valence-electron chi connectivity index (χ4n) is 12.8. The van der Waals surface area contributed by atoms with Crippen LogP contribution in [-0.2, 0) is 33.2 Å². The first-order chi connectivity index (χ1) is 24.6. The molecule has 0 aromatic carbocycles. The Labute approximate surface area is 306 Å². The van der Waals surface area contributed by atoms with Crippen LogP contribution in [0.15, 0.2) is 0 Å². The van der Waals surface area contributed by atoms with Crippen molar-refractivity contribution >= 4 is 5.78 Å². The van der Waals surface area contributed by atoms with Crippen molar-refractivity contribution in [3.63, 3.8) is 0 Å². The van der Waals surface area contributed by atoms with Gasteiger partial charge in [-0.15, -0.1) is 0 Å². The fraction of sp³-hybridized carbons (Fsp3) is 0.974. The summed E-state index contributed by atoms with van der Waals surface area (Å²) < 4.78 is 36.9. The molecule has 8 aliphatic rings. The Hall–Kier alpha value is -0.810. The van der Waals surface area contributed by atoms with Crippen LogP contribution in [0, 0.1) is 52.3 Å². The average molecular weight is 739 g/mol. The highest BCUT2D eigenvalue weighted by Crippen LogP contribution is 2.70. The summed E-state index contributed by atoms with van der Waals surface area (Å²) in [6, 6.07) is 0. The van der Waals surface area contributed by atoms with Crippen molar-refractivity contribution in [2.45, 2.75) is 172 Å². The molecule has 8 rings (SSSR count). The molecule has 0 radical (unpaired) electrons. The van der Waals surface area contributed by atoms with Gasteiger partial charge in [-0.3, -0.25) is 4.79 Å². The molecule has 4 heterocycles. The van der Waals surface area contributed by atoms with Gasteiger partial charge in [0.25, 0.3) is 0 Å². The van der Waals surface area contributed by atoms with E-state index in [2.05, 4.69) is 27.7 Å². The van der Waals surface area contributed by atoms with E-state index >= 15 is 0 Å². The van der Waals surface area contributed by atoms with E-state index in [1.165, 1.54) is 6.92 Å². The lowest BCUT2D eigenvalue weighted by Crippen LogP contribution is -2.64. The standard InChI is InChI=1S/C39H62O13/c1-17-8-11-39(47-16-17)18(2)28-25(52-39)13-24-22-7-6-20-12-21(9-10-37(20,4)23(22)14-27(41)38(24,28)5)49-36-33(46)31(44)34(26(15-40)50-36)51-35-32(45)30(43)29(42)19(3)48-35/h17-26,28-36,40,42-46H,6-16H2,1-5H3/t17-,18+,19+,20+,21+,22-,23+,24+,25+,26+,28+,29-,30+,31-,32+,33+,34-,35+,36-,37+,38-,39-/m1/s1. The fourth-order valence-corrected chi connectivity index (χ4v) is 12.8. The summed E-state index contributed by atoms with van der Waals surface area (Å²) in [6.07, 6.45) is -5.79. The van der Waals surface area contributed by atoms with Gasteiger partial charge < -0.3 is 59.1 Å². The highest BCUT2D eigenvalue weighted by Gasteiger charge is 2.72. The maximum atomic E-state index is 14.5. The zero-order valence-electron chi connectivity index (χ0n) is 31.3. The Bertz CT molecular complexity index is 1320. The van der Waals surface area contributed by atoms with Crippen molar-refractivity contribution in [1.29, 1.82) is 0 Å². The molecule has 6 N–H and O–H groups in total. The number of rotatable bonds is 5. The smallest absolute Gasteiger partial charge is 0.187 e. The number of aliphatic hydroxyl groups excluding tert-OH is 6. The summed E-state index contributed by atoms with van der Waals surface area (Å²) in [4.78, 5) is 14.5. The first kappa shape index (κ1) is 38.1. The molecule has 22 atom stereocenters. The van der Waals surface area contributed by atoms with Crippen LogP contribution in [0.25, 0.3) is 0 Å². The molecule has 52 heavy (non-hydrogen) atoms. The molecule has 0 aromatic heterocycles. The van der Waals surface area contributed by atoms with Gasteiger partial charge in [-0.05, 0) is 86.9 Å². The highest BCUT2D eigenvalue weighted by atomic mass is 16.7. The molecule has 296 valence electrons. The van der Waals surface area contributed by atoms with Crippen molar-refractivity contribution < 1.29 is 63.9 Å². The molecule has 0 aromatic rings. The van der Waals surface area contributed by atoms with Crippen LogP contribution in [0.4, 0.5) is 0 Å². The van der Waals surface area contributed by atoms with Crippen molar-refractivity contribution in [1.82, 2.24) is 0 Å². The predicted molar refractivity (Wildman–Crippen MR) is 182 cm³/mol. The average Bonchev–Trinajstić information content (AvgIpc) is 3.57. The SMILES string of the molecule is C[C@@H]1CC[C@@]2(OC1)O[C@H]1C[C@H]3[C@@H]4CC[C@H]5C[C@@H](O[C@@H]6O[C@@H](CO)[C@@H](O[C@@H]7O[C@@H](C)[C@@H](O)[C@H](O)[C@@H]7O)[C@H](O)[C@@H]6O)CC[C@]5(C)[C@H]4CC(=O)[C@]3(C)[C@H]1[C@@H]2C. The van der Waals surface area contributed by atoms with Gasteiger partial charge in [-0.1, -0.05) is 27.7 Å². The summed E-state index contributed by atoms with van der Waals surface area (Å²) in [5.41, 5.74) is -0.423. The second kappa shape index (κ2) is 13.7. The molecule has 13 nitrogen and oxygen atoms in total. The van der Waals surface area contributed by atoms with Gasteiger partial charge in [-0.2, -0.15) is 0 Å². The monoisotopic (exact) mass is 738 g/mol. The number of carbonyl (C=O) groups is 1. The number of hydrogen-bond acceptors (Lipinski definition) is 13. The van der Waals surface area contributed by atoms with Gasteiger partial charge >= 0.3 is 0 Å². The lowest BCUT2D eigenvalue weighted by atomic mass is 9.44. The van der Waals surface area contributed by atoms with Crippen LogP contribution < -0.4 is 0 Å². The zero-order valence-corrected chi connectivity index (χ0v) is 31.3. The minimum Gasteiger partial charge on any atom is -0.394 e. The summed E-state index contributed by atoms with van der Waals surface area (Å²) in [5, 5.41) is 63.1. The summed E-state index contributed by atoms with van der Waals surface area (Å²) >= 11 is 0. The largest absolute Gasteiger partial charge is 0.394 e. The van der Waals surface area contributed by atoms with Crippen LogP contribution >= 0.6 is 0 Å². The van der Waals surface area contributed by atoms with Crippen molar-refractivity contribution in [3.8, 4) is 0 Å². The van der Waals surface area contributed by atoms with Crippen LogP contribution in [0.3, 0.4) is 0 Å². The number of Topliss-reactive ketones (excluding diaryl/α,β-unsaturated/α-hetero) is 1. The third-order valence-corrected chi connectivity index (χ3v) is 16.0. The van der Waals surface area contributed by atoms with E-state index in [0.717, 1.165) is 51.6 Å². The van der Waals surface area contributed by atoms with Gasteiger partial charge in [0.05, 0.1) is 31.5 Å². The van der Waals surface area contributed by atoms with Crippen molar-refractivity contribution in [2.75, 3.05) is 13.2 Å². The predicted octanol–water partition coefficient (Wildman–Crippen LogP) is 1.65. The molecule has 8 fully saturated rings. The van der Waals surface area contributed by atoms with E-state index in [1.807, 2.05) is 0 Å². The molecule has 13 heteroatoms. The molecule has 4 aliphatic carbocycles. The molecule has 0 unspecified atom stereocenters. The first-order valence-electron chi connectivity index (χ1n) is 20.1. The molecular formula is C39H62O13. The number of ketones is 1. The maximum Gasteiger partial charge on any atom is 0.187 e. The third-order valence-electron chi connectivity index (χ3n) is 16.0. The number of carbonyl (C=O) groups excluding carboxylic acids is 1. The van der Waals surface area contributed by atoms with Crippen molar-refractivity contribution in [2.24, 2.45) is 52.3 Å². The maximum absolute atomic E-state index is 14.5. The van der Waals surface area contributed by atoms with E-state index in [9.17, 15) is 35.4 Å². The zero-order chi connectivity index (χ0) is 37.1. The second-order valence-corrected chi connectivity index (χ2v) is 18.6. The van der Waals surface area contributed by atoms with Crippen LogP contribution in [0.5, 0.6) is 0 Å². The molecule has 1 spiro atoms. The topological polar surface area (TPSA) is 194 Å². The molecule has 4 saturated carbocycles. The quantitative estimate of drug-likeness (QED) is 0.223. The van der Waals surface area contributed by atoms with Crippen LogP contribution in [0.1, 0.15) is 92.4 Å². The normalized spacial score (nSPS) is 59.1. The molecule has 0 bridgehead atoms. The van der Waals surface area contributed by atoms with E-state index in [1.54, 1.807) is 0 Å². The minimum absolute atomic E-state index is 0.0258. The van der Waals surface area contributed by atoms with Gasteiger partial charge in [0.15, 0.2) is 18.4 Å². The second-order valence-electron chi connectivity index (χ2n) is 18.6. The third kappa shape index (κ3) is 5.73. The van der Waals surface area contributed by atoms with Crippen molar-refractivity contribution in [3.05, 3.63) is 0 Å². The Morgan fingerprint density at radius 3 is 2.25 bits per heavy atom. The van der Waals surface area contributed by atoms with Crippen LogP contribution in [0.2, 0.25) is 0 Å². The Kier molecular flexibility index (Phi) is 10.0. The lowest BCUT2D eigenvalue weighted by molar-refractivity contribution is -0.361. The molecule has 0 amide bonds. The summed E-state index contributed by atoms with van der Waals surface area (Å²) in [6.45, 7) is 10.8. The number of fused-ring (bicyclic) bond motifs is 7. The summed E-state index contributed by atoms with van der Waals surface area (Å²) in [7, 11) is 0. The molecular weight excluding hydrogens is 676 g/mol. The van der Waals surface area contributed by atoms with Gasteiger partial charge in [0.2, 0.25) is 0 Å². The highest BCUT2D eigenvalue weighted by molar-refractivity contribution is 5.87. The number of hydrogen-bond donors (Lipinski definition) is 6. The number of aliphatic hydroxyl groups is 6. The van der Waals surface area contributed by atoms with E-state index < -0.39 is 79.2 Å². The number of ether oxygens (including phenoxy) is 6. The molecule has 4 aliphatic heterocycles.